The van der Waals surface area contributed by atoms with Gasteiger partial charge in [-0.1, -0.05) is 0 Å². The number of hydrogen-bond acceptors (Lipinski definition) is 5. The van der Waals surface area contributed by atoms with Crippen LogP contribution >= 0.6 is 0 Å². The summed E-state index contributed by atoms with van der Waals surface area (Å²) in [7, 11) is 1.60. The topological polar surface area (TPSA) is 102 Å². The van der Waals surface area contributed by atoms with E-state index in [1.807, 2.05) is 24.3 Å². The molecule has 0 atom stereocenters. The van der Waals surface area contributed by atoms with E-state index >= 15 is 0 Å². The summed E-state index contributed by atoms with van der Waals surface area (Å²) in [5, 5.41) is 9.79. The Bertz CT molecular complexity index is 1090. The lowest BCUT2D eigenvalue weighted by Gasteiger charge is -2.09. The first-order valence-corrected chi connectivity index (χ1v) is 9.35. The quantitative estimate of drug-likeness (QED) is 0.627. The zero-order valence-electron chi connectivity index (χ0n) is 16.7. The number of amides is 2. The number of rotatable bonds is 7. The minimum Gasteiger partial charge on any atom is -0.497 e. The zero-order valence-corrected chi connectivity index (χ0v) is 16.7. The molecule has 3 aromatic rings. The van der Waals surface area contributed by atoms with Gasteiger partial charge in [0, 0.05) is 36.3 Å². The Kier molecular flexibility index (Phi) is 6.59. The number of nitrogens with zero attached hydrogens (tertiary/aromatic N) is 2. The molecule has 2 amide bonds. The lowest BCUT2D eigenvalue weighted by molar-refractivity contribution is -0.114. The lowest BCUT2D eigenvalue weighted by Crippen LogP contribution is -2.31. The number of carbonyl (C=O) groups is 2. The van der Waals surface area contributed by atoms with Crippen molar-refractivity contribution in [3.63, 3.8) is 0 Å². The van der Waals surface area contributed by atoms with E-state index in [1.54, 1.807) is 37.4 Å². The van der Waals surface area contributed by atoms with Crippen LogP contribution < -0.4 is 20.9 Å². The standard InChI is InChI=1S/C22H22N4O4/c1-15(27)24-18-7-3-17(4-8-18)22(29)23-13-14-26-21(28)12-11-20(25-26)16-5-9-19(30-2)10-6-16/h3-12H,13-14H2,1-2H3,(H,23,29)(H,24,27). The Morgan fingerprint density at radius 3 is 2.33 bits per heavy atom. The third kappa shape index (κ3) is 5.32. The van der Waals surface area contributed by atoms with Gasteiger partial charge in [0.05, 0.1) is 19.3 Å². The molecule has 0 saturated carbocycles. The fourth-order valence-corrected chi connectivity index (χ4v) is 2.81. The zero-order chi connectivity index (χ0) is 21.5. The largest absolute Gasteiger partial charge is 0.497 e. The average molecular weight is 406 g/mol. The maximum absolute atomic E-state index is 12.3. The number of anilines is 1. The number of hydrogen-bond donors (Lipinski definition) is 2. The molecule has 2 N–H and O–H groups in total. The van der Waals surface area contributed by atoms with Crippen molar-refractivity contribution in [1.82, 2.24) is 15.1 Å². The van der Waals surface area contributed by atoms with Crippen LogP contribution in [0.3, 0.4) is 0 Å². The van der Waals surface area contributed by atoms with Gasteiger partial charge in [-0.15, -0.1) is 0 Å². The van der Waals surface area contributed by atoms with E-state index in [4.69, 9.17) is 4.74 Å². The highest BCUT2D eigenvalue weighted by Crippen LogP contribution is 2.19. The molecule has 0 fully saturated rings. The highest BCUT2D eigenvalue weighted by molar-refractivity contribution is 5.95. The summed E-state index contributed by atoms with van der Waals surface area (Å²) in [4.78, 5) is 35.4. The minimum atomic E-state index is -0.274. The van der Waals surface area contributed by atoms with E-state index in [0.29, 0.717) is 16.9 Å². The Morgan fingerprint density at radius 2 is 1.70 bits per heavy atom. The Hall–Kier alpha value is -3.94. The third-order valence-electron chi connectivity index (χ3n) is 4.33. The fraction of sp³-hybridized carbons (Fsp3) is 0.182. The minimum absolute atomic E-state index is 0.179. The van der Waals surface area contributed by atoms with Crippen LogP contribution in [0.1, 0.15) is 17.3 Å². The number of ether oxygens (including phenoxy) is 1. The van der Waals surface area contributed by atoms with E-state index in [2.05, 4.69) is 15.7 Å². The summed E-state index contributed by atoms with van der Waals surface area (Å²) in [5.74, 6) is 0.283. The van der Waals surface area contributed by atoms with Gasteiger partial charge >= 0.3 is 0 Å². The normalized spacial score (nSPS) is 10.3. The molecule has 0 radical (unpaired) electrons. The van der Waals surface area contributed by atoms with Crippen LogP contribution in [0.25, 0.3) is 11.3 Å². The summed E-state index contributed by atoms with van der Waals surface area (Å²) in [6.45, 7) is 1.89. The lowest BCUT2D eigenvalue weighted by atomic mass is 10.1. The first kappa shape index (κ1) is 20.8. The van der Waals surface area contributed by atoms with Crippen LogP contribution in [0.5, 0.6) is 5.75 Å². The van der Waals surface area contributed by atoms with Gasteiger partial charge in [0.15, 0.2) is 0 Å². The van der Waals surface area contributed by atoms with Gasteiger partial charge in [0.1, 0.15) is 5.75 Å². The average Bonchev–Trinajstić information content (AvgIpc) is 2.75. The fourth-order valence-electron chi connectivity index (χ4n) is 2.81. The third-order valence-corrected chi connectivity index (χ3v) is 4.33. The van der Waals surface area contributed by atoms with Crippen LogP contribution in [0.4, 0.5) is 5.69 Å². The van der Waals surface area contributed by atoms with E-state index in [1.165, 1.54) is 17.7 Å². The van der Waals surface area contributed by atoms with E-state index in [0.717, 1.165) is 11.3 Å². The van der Waals surface area contributed by atoms with Crippen LogP contribution in [0.15, 0.2) is 65.5 Å². The maximum atomic E-state index is 12.3. The highest BCUT2D eigenvalue weighted by Gasteiger charge is 2.07. The van der Waals surface area contributed by atoms with Gasteiger partial charge in [-0.3, -0.25) is 14.4 Å². The van der Waals surface area contributed by atoms with Crippen LogP contribution in [-0.2, 0) is 11.3 Å². The van der Waals surface area contributed by atoms with Gasteiger partial charge in [-0.2, -0.15) is 5.10 Å². The highest BCUT2D eigenvalue weighted by atomic mass is 16.5. The van der Waals surface area contributed by atoms with E-state index in [-0.39, 0.29) is 30.5 Å². The maximum Gasteiger partial charge on any atom is 0.266 e. The smallest absolute Gasteiger partial charge is 0.266 e. The molecule has 3 rings (SSSR count). The van der Waals surface area contributed by atoms with Gasteiger partial charge in [0.25, 0.3) is 11.5 Å². The summed E-state index contributed by atoms with van der Waals surface area (Å²) in [6.07, 6.45) is 0. The molecule has 2 aromatic carbocycles. The predicted molar refractivity (Wildman–Crippen MR) is 114 cm³/mol. The van der Waals surface area contributed by atoms with Crippen molar-refractivity contribution in [2.45, 2.75) is 13.5 Å². The van der Waals surface area contributed by atoms with Crippen molar-refractivity contribution < 1.29 is 14.3 Å². The van der Waals surface area contributed by atoms with Crippen molar-refractivity contribution in [2.75, 3.05) is 19.0 Å². The Morgan fingerprint density at radius 1 is 1.00 bits per heavy atom. The van der Waals surface area contributed by atoms with Crippen LogP contribution in [-0.4, -0.2) is 35.2 Å². The van der Waals surface area contributed by atoms with Gasteiger partial charge in [0.2, 0.25) is 5.91 Å². The van der Waals surface area contributed by atoms with E-state index < -0.39 is 0 Å². The van der Waals surface area contributed by atoms with Crippen LogP contribution in [0.2, 0.25) is 0 Å². The molecule has 0 unspecified atom stereocenters. The molecule has 1 heterocycles. The molecule has 0 aliphatic rings. The summed E-state index contributed by atoms with van der Waals surface area (Å²) in [5.41, 5.74) is 2.33. The summed E-state index contributed by atoms with van der Waals surface area (Å²) >= 11 is 0. The molecule has 0 saturated heterocycles. The second-order valence-electron chi connectivity index (χ2n) is 6.52. The Labute approximate surface area is 173 Å². The van der Waals surface area contributed by atoms with E-state index in [9.17, 15) is 14.4 Å². The molecule has 30 heavy (non-hydrogen) atoms. The predicted octanol–water partition coefficient (Wildman–Crippen LogP) is 2.31. The van der Waals surface area contributed by atoms with Gasteiger partial charge in [-0.05, 0) is 54.6 Å². The molecule has 0 spiro atoms. The summed E-state index contributed by atoms with van der Waals surface area (Å²) < 4.78 is 6.47. The monoisotopic (exact) mass is 406 g/mol. The number of nitrogens with one attached hydrogen (secondary N) is 2. The van der Waals surface area contributed by atoms with Gasteiger partial charge < -0.3 is 15.4 Å². The van der Waals surface area contributed by atoms with Crippen molar-refractivity contribution >= 4 is 17.5 Å². The molecule has 0 bridgehead atoms. The van der Waals surface area contributed by atoms with Crippen molar-refractivity contribution in [1.29, 1.82) is 0 Å². The summed E-state index contributed by atoms with van der Waals surface area (Å²) in [6, 6.07) is 17.0. The van der Waals surface area contributed by atoms with Crippen LogP contribution in [0, 0.1) is 0 Å². The number of aromatic nitrogens is 2. The second kappa shape index (κ2) is 9.51. The van der Waals surface area contributed by atoms with Gasteiger partial charge in [-0.25, -0.2) is 4.68 Å². The SMILES string of the molecule is COc1ccc(-c2ccc(=O)n(CCNC(=O)c3ccc(NC(C)=O)cc3)n2)cc1. The first-order chi connectivity index (χ1) is 14.5. The first-order valence-electron chi connectivity index (χ1n) is 9.35. The molecule has 0 aliphatic heterocycles. The molecule has 1 aromatic heterocycles. The molecule has 8 heteroatoms. The molecular formula is C22H22N4O4. The molecule has 0 aliphatic carbocycles. The van der Waals surface area contributed by atoms with Crippen molar-refractivity contribution in [2.24, 2.45) is 0 Å². The van der Waals surface area contributed by atoms with Crippen molar-refractivity contribution in [3.05, 3.63) is 76.6 Å². The molecule has 8 nitrogen and oxygen atoms in total. The number of carbonyl (C=O) groups excluding carboxylic acids is 2. The Balaban J connectivity index is 1.62. The van der Waals surface area contributed by atoms with Crippen molar-refractivity contribution in [3.8, 4) is 17.0 Å². The number of methoxy groups -OCH3 is 1. The molecular weight excluding hydrogens is 384 g/mol. The molecule has 154 valence electrons. The number of benzene rings is 2. The second-order valence-corrected chi connectivity index (χ2v) is 6.52.